The van der Waals surface area contributed by atoms with Crippen LogP contribution in [0.15, 0.2) is 11.2 Å². The normalized spacial score (nSPS) is 23.4. The van der Waals surface area contributed by atoms with Gasteiger partial charge in [0.15, 0.2) is 5.03 Å². The number of hydrogen-bond donors (Lipinski definition) is 2. The number of aromatic nitrogens is 2. The molecule has 0 amide bonds. The molecule has 0 saturated carbocycles. The molecule has 1 aliphatic rings. The molecule has 0 aliphatic carbocycles. The topological polar surface area (TPSA) is 86.3 Å². The highest BCUT2D eigenvalue weighted by Gasteiger charge is 2.34. The standard InChI is InChI=1S/C13H23N3O3S/c1-10(17)8-12-6-4-3-5-7-16(12)20(18,19)13-9-14-11(2)15-13/h9-10,12,17H,3-8H2,1-2H3,(H,14,15). The van der Waals surface area contributed by atoms with Crippen LogP contribution in [0.3, 0.4) is 0 Å². The van der Waals surface area contributed by atoms with Gasteiger partial charge in [0.05, 0.1) is 12.3 Å². The average Bonchev–Trinajstić information content (AvgIpc) is 2.66. The van der Waals surface area contributed by atoms with Crippen molar-refractivity contribution in [2.24, 2.45) is 0 Å². The fourth-order valence-electron chi connectivity index (χ4n) is 2.75. The minimum atomic E-state index is -3.56. The zero-order chi connectivity index (χ0) is 14.8. The Morgan fingerprint density at radius 1 is 1.50 bits per heavy atom. The molecule has 1 aromatic rings. The molecule has 0 spiro atoms. The van der Waals surface area contributed by atoms with Crippen LogP contribution in [0.1, 0.15) is 44.9 Å². The lowest BCUT2D eigenvalue weighted by atomic mass is 10.1. The summed E-state index contributed by atoms with van der Waals surface area (Å²) in [5, 5.41) is 9.76. The van der Waals surface area contributed by atoms with Crippen LogP contribution in [0, 0.1) is 6.92 Å². The molecule has 1 saturated heterocycles. The van der Waals surface area contributed by atoms with Crippen LogP contribution >= 0.6 is 0 Å². The third kappa shape index (κ3) is 3.39. The predicted molar refractivity (Wildman–Crippen MR) is 75.8 cm³/mol. The fraction of sp³-hybridized carbons (Fsp3) is 0.769. The molecular formula is C13H23N3O3S. The van der Waals surface area contributed by atoms with Crippen molar-refractivity contribution in [3.05, 3.63) is 12.0 Å². The van der Waals surface area contributed by atoms with E-state index < -0.39 is 16.1 Å². The highest BCUT2D eigenvalue weighted by molar-refractivity contribution is 7.89. The van der Waals surface area contributed by atoms with E-state index in [9.17, 15) is 13.5 Å². The highest BCUT2D eigenvalue weighted by atomic mass is 32.2. The number of hydrogen-bond acceptors (Lipinski definition) is 4. The molecule has 0 radical (unpaired) electrons. The average molecular weight is 301 g/mol. The van der Waals surface area contributed by atoms with Gasteiger partial charge in [0, 0.05) is 12.6 Å². The molecule has 1 aromatic heterocycles. The Labute approximate surface area is 120 Å². The first-order valence-electron chi connectivity index (χ1n) is 7.13. The maximum atomic E-state index is 12.7. The number of aliphatic hydroxyl groups excluding tert-OH is 1. The predicted octanol–water partition coefficient (Wildman–Crippen LogP) is 1.42. The van der Waals surface area contributed by atoms with Crippen molar-refractivity contribution in [2.75, 3.05) is 6.54 Å². The minimum Gasteiger partial charge on any atom is -0.393 e. The number of aliphatic hydroxyl groups is 1. The van der Waals surface area contributed by atoms with Gasteiger partial charge in [-0.2, -0.15) is 4.31 Å². The Balaban J connectivity index is 2.29. The van der Waals surface area contributed by atoms with Crippen molar-refractivity contribution in [2.45, 2.75) is 63.1 Å². The lowest BCUT2D eigenvalue weighted by Gasteiger charge is -2.29. The van der Waals surface area contributed by atoms with Crippen molar-refractivity contribution in [3.63, 3.8) is 0 Å². The van der Waals surface area contributed by atoms with Crippen molar-refractivity contribution in [1.29, 1.82) is 0 Å². The van der Waals surface area contributed by atoms with E-state index in [0.29, 0.717) is 18.8 Å². The largest absolute Gasteiger partial charge is 0.393 e. The zero-order valence-corrected chi connectivity index (χ0v) is 12.9. The number of rotatable bonds is 4. The molecule has 7 heteroatoms. The number of sulfonamides is 1. The Hall–Kier alpha value is -0.920. The summed E-state index contributed by atoms with van der Waals surface area (Å²) in [6.45, 7) is 3.95. The van der Waals surface area contributed by atoms with Crippen molar-refractivity contribution in [1.82, 2.24) is 14.3 Å². The molecule has 2 heterocycles. The molecule has 0 aromatic carbocycles. The molecule has 2 N–H and O–H groups in total. The summed E-state index contributed by atoms with van der Waals surface area (Å²) in [7, 11) is -3.56. The number of imidazole rings is 1. The first-order chi connectivity index (χ1) is 9.41. The SMILES string of the molecule is Cc1ncc(S(=O)(=O)N2CCCCCC2CC(C)O)[nH]1. The molecule has 0 bridgehead atoms. The first kappa shape index (κ1) is 15.5. The Morgan fingerprint density at radius 3 is 2.85 bits per heavy atom. The lowest BCUT2D eigenvalue weighted by molar-refractivity contribution is 0.147. The van der Waals surface area contributed by atoms with Crippen LogP contribution in [0.2, 0.25) is 0 Å². The monoisotopic (exact) mass is 301 g/mol. The third-order valence-electron chi connectivity index (χ3n) is 3.70. The summed E-state index contributed by atoms with van der Waals surface area (Å²) in [6, 6.07) is -0.133. The number of nitrogens with zero attached hydrogens (tertiary/aromatic N) is 2. The van der Waals surface area contributed by atoms with Gasteiger partial charge >= 0.3 is 0 Å². The molecule has 2 unspecified atom stereocenters. The number of H-pyrrole nitrogens is 1. The second-order valence-corrected chi connectivity index (χ2v) is 7.40. The van der Waals surface area contributed by atoms with Crippen LogP contribution in [-0.2, 0) is 10.0 Å². The van der Waals surface area contributed by atoms with E-state index in [-0.39, 0.29) is 11.1 Å². The minimum absolute atomic E-state index is 0.133. The summed E-state index contributed by atoms with van der Waals surface area (Å²) in [6.07, 6.45) is 5.05. The molecule has 114 valence electrons. The summed E-state index contributed by atoms with van der Waals surface area (Å²) in [5.74, 6) is 0.588. The lowest BCUT2D eigenvalue weighted by Crippen LogP contribution is -2.41. The van der Waals surface area contributed by atoms with Crippen LogP contribution in [0.25, 0.3) is 0 Å². The maximum Gasteiger partial charge on any atom is 0.260 e. The van der Waals surface area contributed by atoms with Crippen LogP contribution < -0.4 is 0 Å². The van der Waals surface area contributed by atoms with Gasteiger partial charge in [-0.25, -0.2) is 13.4 Å². The number of aromatic amines is 1. The van der Waals surface area contributed by atoms with Gasteiger partial charge in [-0.15, -0.1) is 0 Å². The maximum absolute atomic E-state index is 12.7. The molecular weight excluding hydrogens is 278 g/mol. The van der Waals surface area contributed by atoms with E-state index in [2.05, 4.69) is 9.97 Å². The summed E-state index contributed by atoms with van der Waals surface area (Å²) in [4.78, 5) is 6.78. The Bertz CT molecular complexity index is 539. The van der Waals surface area contributed by atoms with Crippen LogP contribution in [-0.4, -0.2) is 46.5 Å². The molecule has 6 nitrogen and oxygen atoms in total. The second-order valence-electron chi connectivity index (χ2n) is 5.54. The van der Waals surface area contributed by atoms with Crippen LogP contribution in [0.4, 0.5) is 0 Å². The quantitative estimate of drug-likeness (QED) is 0.880. The highest BCUT2D eigenvalue weighted by Crippen LogP contribution is 2.26. The molecule has 2 atom stereocenters. The van der Waals surface area contributed by atoms with E-state index in [1.54, 1.807) is 18.2 Å². The van der Waals surface area contributed by atoms with E-state index >= 15 is 0 Å². The summed E-state index contributed by atoms with van der Waals surface area (Å²) in [5.41, 5.74) is 0. The molecule has 20 heavy (non-hydrogen) atoms. The zero-order valence-electron chi connectivity index (χ0n) is 12.0. The Kier molecular flexibility index (Phi) is 4.82. The van der Waals surface area contributed by atoms with E-state index in [0.717, 1.165) is 25.7 Å². The third-order valence-corrected chi connectivity index (χ3v) is 5.56. The fourth-order valence-corrected chi connectivity index (χ4v) is 4.42. The van der Waals surface area contributed by atoms with Crippen molar-refractivity contribution < 1.29 is 13.5 Å². The van der Waals surface area contributed by atoms with Gasteiger partial charge in [0.2, 0.25) is 0 Å². The van der Waals surface area contributed by atoms with Gasteiger partial charge in [0.25, 0.3) is 10.0 Å². The molecule has 2 rings (SSSR count). The van der Waals surface area contributed by atoms with Gasteiger partial charge in [-0.3, -0.25) is 0 Å². The van der Waals surface area contributed by atoms with Gasteiger partial charge < -0.3 is 10.1 Å². The first-order valence-corrected chi connectivity index (χ1v) is 8.57. The van der Waals surface area contributed by atoms with Gasteiger partial charge in [-0.1, -0.05) is 12.8 Å². The summed E-state index contributed by atoms with van der Waals surface area (Å²) >= 11 is 0. The second kappa shape index (κ2) is 6.24. The Morgan fingerprint density at radius 2 is 2.25 bits per heavy atom. The van der Waals surface area contributed by atoms with E-state index in [4.69, 9.17) is 0 Å². The van der Waals surface area contributed by atoms with Crippen molar-refractivity contribution >= 4 is 10.0 Å². The smallest absolute Gasteiger partial charge is 0.260 e. The molecule has 1 aliphatic heterocycles. The van der Waals surface area contributed by atoms with E-state index in [1.165, 1.54) is 6.20 Å². The number of aryl methyl sites for hydroxylation is 1. The number of nitrogens with one attached hydrogen (secondary N) is 1. The van der Waals surface area contributed by atoms with E-state index in [1.807, 2.05) is 0 Å². The van der Waals surface area contributed by atoms with Gasteiger partial charge in [0.1, 0.15) is 5.82 Å². The van der Waals surface area contributed by atoms with Crippen molar-refractivity contribution in [3.8, 4) is 0 Å². The van der Waals surface area contributed by atoms with Crippen LogP contribution in [0.5, 0.6) is 0 Å². The molecule has 1 fully saturated rings. The van der Waals surface area contributed by atoms with Gasteiger partial charge in [-0.05, 0) is 33.1 Å². The summed E-state index contributed by atoms with van der Waals surface area (Å²) < 4.78 is 27.0.